The molecular formula is C13H24O. The molecule has 0 aromatic carbocycles. The predicted molar refractivity (Wildman–Crippen MR) is 63.3 cm³/mol. The van der Waals surface area contributed by atoms with Gasteiger partial charge in [-0.15, -0.1) is 0 Å². The normalized spacial score (nSPS) is 14.2. The van der Waals surface area contributed by atoms with Crippen LogP contribution in [0, 0.1) is 0 Å². The molecule has 0 aromatic rings. The van der Waals surface area contributed by atoms with E-state index in [4.69, 9.17) is 5.11 Å². The maximum Gasteiger partial charge on any atom is 0.0546 e. The summed E-state index contributed by atoms with van der Waals surface area (Å²) in [7, 11) is 0. The molecule has 0 aliphatic rings. The average molecular weight is 196 g/mol. The highest BCUT2D eigenvalue weighted by atomic mass is 16.3. The van der Waals surface area contributed by atoms with Gasteiger partial charge in [-0.05, 0) is 32.6 Å². The van der Waals surface area contributed by atoms with Crippen molar-refractivity contribution in [1.29, 1.82) is 0 Å². The van der Waals surface area contributed by atoms with Crippen LogP contribution in [-0.4, -0.2) is 11.2 Å². The zero-order chi connectivity index (χ0) is 10.6. The van der Waals surface area contributed by atoms with Crippen molar-refractivity contribution in [2.45, 2.75) is 58.5 Å². The van der Waals surface area contributed by atoms with Crippen LogP contribution in [0.3, 0.4) is 0 Å². The van der Waals surface area contributed by atoms with Gasteiger partial charge < -0.3 is 5.11 Å². The zero-order valence-corrected chi connectivity index (χ0v) is 9.58. The Bertz CT molecular complexity index is 157. The molecule has 0 spiro atoms. The Kier molecular flexibility index (Phi) is 10.1. The van der Waals surface area contributed by atoms with Crippen LogP contribution in [0.5, 0.6) is 0 Å². The summed E-state index contributed by atoms with van der Waals surface area (Å²) in [5.74, 6) is 0. The molecule has 0 aromatic heterocycles. The van der Waals surface area contributed by atoms with Gasteiger partial charge in [0.15, 0.2) is 0 Å². The molecule has 0 rings (SSSR count). The first-order valence-electron chi connectivity index (χ1n) is 5.75. The maximum atomic E-state index is 8.98. The van der Waals surface area contributed by atoms with Crippen LogP contribution in [0.15, 0.2) is 24.3 Å². The smallest absolute Gasteiger partial charge is 0.0546 e. The summed E-state index contributed by atoms with van der Waals surface area (Å²) in [6.45, 7) is 4.04. The lowest BCUT2D eigenvalue weighted by atomic mass is 10.2. The van der Waals surface area contributed by atoms with Crippen molar-refractivity contribution in [1.82, 2.24) is 0 Å². The van der Waals surface area contributed by atoms with Gasteiger partial charge in [0, 0.05) is 0 Å². The Hall–Kier alpha value is -0.560. The third-order valence-electron chi connectivity index (χ3n) is 2.06. The van der Waals surface area contributed by atoms with Crippen LogP contribution in [0.2, 0.25) is 0 Å². The first-order chi connectivity index (χ1) is 6.77. The van der Waals surface area contributed by atoms with Gasteiger partial charge in [-0.1, -0.05) is 44.1 Å². The van der Waals surface area contributed by atoms with Crippen molar-refractivity contribution in [3.8, 4) is 0 Å². The highest BCUT2D eigenvalue weighted by Crippen LogP contribution is 2.00. The van der Waals surface area contributed by atoms with Gasteiger partial charge in [-0.25, -0.2) is 0 Å². The maximum absolute atomic E-state index is 8.98. The largest absolute Gasteiger partial charge is 0.393 e. The van der Waals surface area contributed by atoms with Crippen molar-refractivity contribution in [2.24, 2.45) is 0 Å². The number of hydrogen-bond donors (Lipinski definition) is 1. The molecule has 0 radical (unpaired) electrons. The Morgan fingerprint density at radius 2 is 1.79 bits per heavy atom. The topological polar surface area (TPSA) is 20.2 Å². The molecule has 0 heterocycles. The number of aliphatic hydroxyl groups is 1. The third-order valence-corrected chi connectivity index (χ3v) is 2.06. The molecule has 0 aliphatic heterocycles. The summed E-state index contributed by atoms with van der Waals surface area (Å²) in [5, 5.41) is 8.98. The molecule has 1 nitrogen and oxygen atoms in total. The van der Waals surface area contributed by atoms with Gasteiger partial charge in [-0.3, -0.25) is 0 Å². The second-order valence-corrected chi connectivity index (χ2v) is 3.76. The molecule has 0 bridgehead atoms. The van der Waals surface area contributed by atoms with E-state index >= 15 is 0 Å². The van der Waals surface area contributed by atoms with Crippen molar-refractivity contribution in [2.75, 3.05) is 0 Å². The van der Waals surface area contributed by atoms with E-state index in [-0.39, 0.29) is 6.10 Å². The molecule has 0 fully saturated rings. The monoisotopic (exact) mass is 196 g/mol. The van der Waals surface area contributed by atoms with E-state index in [1.165, 1.54) is 25.7 Å². The summed E-state index contributed by atoms with van der Waals surface area (Å²) >= 11 is 0. The summed E-state index contributed by atoms with van der Waals surface area (Å²) in [5.41, 5.74) is 0. The molecule has 0 amide bonds. The van der Waals surface area contributed by atoms with Crippen LogP contribution in [0.1, 0.15) is 52.4 Å². The van der Waals surface area contributed by atoms with E-state index < -0.39 is 0 Å². The summed E-state index contributed by atoms with van der Waals surface area (Å²) in [6.07, 6.45) is 15.3. The van der Waals surface area contributed by atoms with Crippen molar-refractivity contribution in [3.63, 3.8) is 0 Å². The van der Waals surface area contributed by atoms with E-state index in [0.717, 1.165) is 12.8 Å². The van der Waals surface area contributed by atoms with Crippen LogP contribution in [0.4, 0.5) is 0 Å². The molecule has 0 aliphatic carbocycles. The Labute approximate surface area is 88.5 Å². The lowest BCUT2D eigenvalue weighted by Gasteiger charge is -1.95. The molecule has 0 saturated carbocycles. The fourth-order valence-electron chi connectivity index (χ4n) is 1.19. The van der Waals surface area contributed by atoms with Crippen molar-refractivity contribution >= 4 is 0 Å². The minimum atomic E-state index is -0.209. The van der Waals surface area contributed by atoms with E-state index in [2.05, 4.69) is 25.2 Å². The number of unbranched alkanes of at least 4 members (excludes halogenated alkanes) is 3. The fourth-order valence-corrected chi connectivity index (χ4v) is 1.19. The zero-order valence-electron chi connectivity index (χ0n) is 9.58. The molecule has 1 N–H and O–H groups in total. The second kappa shape index (κ2) is 10.5. The van der Waals surface area contributed by atoms with Crippen LogP contribution in [-0.2, 0) is 0 Å². The van der Waals surface area contributed by atoms with Crippen LogP contribution >= 0.6 is 0 Å². The summed E-state index contributed by atoms with van der Waals surface area (Å²) in [4.78, 5) is 0. The lowest BCUT2D eigenvalue weighted by Crippen LogP contribution is -1.94. The summed E-state index contributed by atoms with van der Waals surface area (Å²) < 4.78 is 0. The molecule has 1 unspecified atom stereocenters. The van der Waals surface area contributed by atoms with Crippen LogP contribution < -0.4 is 0 Å². The highest BCUT2D eigenvalue weighted by molar-refractivity contribution is 4.93. The minimum Gasteiger partial charge on any atom is -0.393 e. The summed E-state index contributed by atoms with van der Waals surface area (Å²) in [6, 6.07) is 0. The van der Waals surface area contributed by atoms with Gasteiger partial charge in [-0.2, -0.15) is 0 Å². The molecule has 0 saturated heterocycles. The van der Waals surface area contributed by atoms with Crippen molar-refractivity contribution < 1.29 is 5.11 Å². The van der Waals surface area contributed by atoms with E-state index in [9.17, 15) is 0 Å². The molecular weight excluding hydrogens is 172 g/mol. The van der Waals surface area contributed by atoms with Gasteiger partial charge in [0.2, 0.25) is 0 Å². The number of allylic oxidation sites excluding steroid dienone is 3. The van der Waals surface area contributed by atoms with Gasteiger partial charge in [0.05, 0.1) is 6.10 Å². The number of rotatable bonds is 8. The van der Waals surface area contributed by atoms with E-state index in [0.29, 0.717) is 0 Å². The number of hydrogen-bond acceptors (Lipinski definition) is 1. The minimum absolute atomic E-state index is 0.209. The first kappa shape index (κ1) is 13.4. The SMILES string of the molecule is CCCCC/C=C\C/C=C\CC(C)O. The van der Waals surface area contributed by atoms with Crippen LogP contribution in [0.25, 0.3) is 0 Å². The molecule has 1 atom stereocenters. The molecule has 14 heavy (non-hydrogen) atoms. The quantitative estimate of drug-likeness (QED) is 0.462. The standard InChI is InChI=1S/C13H24O/c1-3-4-5-6-7-8-9-10-11-12-13(2)14/h7-8,10-11,13-14H,3-6,9,12H2,1-2H3/b8-7-,11-10-. The van der Waals surface area contributed by atoms with Gasteiger partial charge in [0.1, 0.15) is 0 Å². The van der Waals surface area contributed by atoms with E-state index in [1.807, 2.05) is 13.0 Å². The Morgan fingerprint density at radius 3 is 2.43 bits per heavy atom. The van der Waals surface area contributed by atoms with Crippen molar-refractivity contribution in [3.05, 3.63) is 24.3 Å². The van der Waals surface area contributed by atoms with E-state index in [1.54, 1.807) is 0 Å². The molecule has 82 valence electrons. The Morgan fingerprint density at radius 1 is 1.07 bits per heavy atom. The predicted octanol–water partition coefficient (Wildman–Crippen LogP) is 3.84. The highest BCUT2D eigenvalue weighted by Gasteiger charge is 1.87. The molecule has 1 heteroatoms. The second-order valence-electron chi connectivity index (χ2n) is 3.76. The Balaban J connectivity index is 3.21. The average Bonchev–Trinajstić information content (AvgIpc) is 2.15. The van der Waals surface area contributed by atoms with Gasteiger partial charge >= 0.3 is 0 Å². The lowest BCUT2D eigenvalue weighted by molar-refractivity contribution is 0.198. The number of aliphatic hydroxyl groups excluding tert-OH is 1. The third kappa shape index (κ3) is 11.4. The first-order valence-corrected chi connectivity index (χ1v) is 5.75. The fraction of sp³-hybridized carbons (Fsp3) is 0.692. The van der Waals surface area contributed by atoms with Gasteiger partial charge in [0.25, 0.3) is 0 Å².